The molecule has 0 aliphatic rings. The summed E-state index contributed by atoms with van der Waals surface area (Å²) < 4.78 is 26.5. The van der Waals surface area contributed by atoms with Gasteiger partial charge >= 0.3 is 25.7 Å². The van der Waals surface area contributed by atoms with E-state index in [1.54, 1.807) is 18.2 Å². The number of nitrogens with two attached hydrogens (primary N) is 1. The van der Waals surface area contributed by atoms with Gasteiger partial charge in [0.05, 0.1) is 12.7 Å². The van der Waals surface area contributed by atoms with E-state index in [9.17, 15) is 33.8 Å². The second kappa shape index (κ2) is 38.7. The highest BCUT2D eigenvalue weighted by Gasteiger charge is 2.27. The van der Waals surface area contributed by atoms with Crippen LogP contribution in [0.1, 0.15) is 155 Å². The minimum absolute atomic E-state index is 0.000618. The van der Waals surface area contributed by atoms with Gasteiger partial charge in [0.2, 0.25) is 0 Å². The molecular formula is C44H76NO11PS. The van der Waals surface area contributed by atoms with Crippen molar-refractivity contribution in [3.63, 3.8) is 0 Å². The zero-order valence-electron chi connectivity index (χ0n) is 35.3. The minimum atomic E-state index is -4.92. The van der Waals surface area contributed by atoms with Crippen molar-refractivity contribution in [3.8, 4) is 0 Å². The first-order valence-corrected chi connectivity index (χ1v) is 24.1. The van der Waals surface area contributed by atoms with Gasteiger partial charge in [0.25, 0.3) is 0 Å². The quantitative estimate of drug-likeness (QED) is 0.0129. The third-order valence-corrected chi connectivity index (χ3v) is 10.9. The molecule has 0 aromatic carbocycles. The summed E-state index contributed by atoms with van der Waals surface area (Å²) in [4.78, 5) is 54.7. The predicted octanol–water partition coefficient (Wildman–Crippen LogP) is 9.83. The molecular weight excluding hydrogens is 782 g/mol. The summed E-state index contributed by atoms with van der Waals surface area (Å²) in [6.07, 6.45) is 38.4. The SMILES string of the molecule is CCCCC/C=C\C\C=C/C=C/C=C/[C@@H](SC[C@H](N)C(=O)O[C@H](COC(=O)CCCCCCC/C=C\CCCCCCCC)COP(=O)(O)O)[C@@H](O)CCCC(=O)O. The van der Waals surface area contributed by atoms with E-state index in [4.69, 9.17) is 20.3 Å². The largest absolute Gasteiger partial charge is 0.481 e. The van der Waals surface area contributed by atoms with Crippen LogP contribution in [0.2, 0.25) is 0 Å². The van der Waals surface area contributed by atoms with Gasteiger partial charge in [0.1, 0.15) is 12.6 Å². The van der Waals surface area contributed by atoms with Crippen LogP contribution in [-0.2, 0) is 32.9 Å². The molecule has 12 nitrogen and oxygen atoms in total. The van der Waals surface area contributed by atoms with Gasteiger partial charge in [0.15, 0.2) is 6.10 Å². The van der Waals surface area contributed by atoms with Gasteiger partial charge in [-0.05, 0) is 64.2 Å². The molecule has 0 saturated heterocycles. The van der Waals surface area contributed by atoms with E-state index >= 15 is 0 Å². The number of hydrogen-bond donors (Lipinski definition) is 5. The number of allylic oxidation sites excluding steroid dienone is 9. The normalized spacial score (nSPS) is 14.6. The fourth-order valence-corrected chi connectivity index (χ4v) is 7.10. The fraction of sp³-hybridized carbons (Fsp3) is 0.705. The maximum absolute atomic E-state index is 12.9. The number of thioether (sulfide) groups is 1. The highest BCUT2D eigenvalue weighted by molar-refractivity contribution is 8.00. The number of phosphoric acid groups is 1. The molecule has 0 bridgehead atoms. The average Bonchev–Trinajstić information content (AvgIpc) is 3.18. The van der Waals surface area contributed by atoms with Gasteiger partial charge in [-0.3, -0.25) is 18.9 Å². The molecule has 0 rings (SSSR count). The molecule has 0 aromatic rings. The molecule has 4 atom stereocenters. The molecule has 0 fully saturated rings. The Hall–Kier alpha value is -2.51. The Balaban J connectivity index is 4.89. The van der Waals surface area contributed by atoms with Crippen LogP contribution >= 0.6 is 19.6 Å². The van der Waals surface area contributed by atoms with E-state index < -0.39 is 62.4 Å². The van der Waals surface area contributed by atoms with Crippen LogP contribution in [0.15, 0.2) is 60.8 Å². The first kappa shape index (κ1) is 55.5. The van der Waals surface area contributed by atoms with Crippen molar-refractivity contribution in [2.75, 3.05) is 19.0 Å². The molecule has 58 heavy (non-hydrogen) atoms. The second-order valence-electron chi connectivity index (χ2n) is 14.5. The first-order valence-electron chi connectivity index (χ1n) is 21.5. The van der Waals surface area contributed by atoms with Crippen molar-refractivity contribution >= 4 is 37.5 Å². The number of aliphatic hydroxyl groups excluding tert-OH is 1. The van der Waals surface area contributed by atoms with Crippen LogP contribution in [0.5, 0.6) is 0 Å². The summed E-state index contributed by atoms with van der Waals surface area (Å²) in [6, 6.07) is -1.20. The fourth-order valence-electron chi connectivity index (χ4n) is 5.61. The molecule has 0 unspecified atom stereocenters. The zero-order valence-corrected chi connectivity index (χ0v) is 37.1. The summed E-state index contributed by atoms with van der Waals surface area (Å²) >= 11 is 1.18. The van der Waals surface area contributed by atoms with Crippen LogP contribution in [-0.4, -0.2) is 80.4 Å². The van der Waals surface area contributed by atoms with Crippen LogP contribution in [0.25, 0.3) is 0 Å². The van der Waals surface area contributed by atoms with E-state index in [2.05, 4.69) is 42.7 Å². The summed E-state index contributed by atoms with van der Waals surface area (Å²) in [6.45, 7) is 3.21. The number of carbonyl (C=O) groups is 3. The Labute approximate surface area is 353 Å². The summed E-state index contributed by atoms with van der Waals surface area (Å²) in [5.41, 5.74) is 6.12. The number of ether oxygens (including phenoxy) is 2. The molecule has 0 aliphatic heterocycles. The van der Waals surface area contributed by atoms with Gasteiger partial charge in [-0.1, -0.05) is 139 Å². The Bertz CT molecular complexity index is 1250. The van der Waals surface area contributed by atoms with Crippen LogP contribution in [0.3, 0.4) is 0 Å². The number of aliphatic hydroxyl groups is 1. The molecule has 0 amide bonds. The standard InChI is InChI=1S/C44H76NO11PS/c1-3-5-7-9-11-13-15-17-18-19-21-23-25-27-29-34-43(49)54-35-38(36-55-57(51,52)53)56-44(50)39(45)37-58-41(40(46)31-30-33-42(47)48)32-28-26-24-22-20-16-14-12-10-8-6-4-2/h12,14,17-18,20,22,24,26,28,32,38-41,46H,3-11,13,15-16,19,21,23,25,27,29-31,33-37,45H2,1-2H3,(H,47,48)(H2,51,52,53)/b14-12-,18-17-,22-20-,26-24+,32-28+/t38-,39+,40+,41-/m1/s1. The van der Waals surface area contributed by atoms with Crippen molar-refractivity contribution in [3.05, 3.63) is 60.8 Å². The lowest BCUT2D eigenvalue weighted by atomic mass is 10.1. The van der Waals surface area contributed by atoms with Crippen LogP contribution in [0, 0.1) is 0 Å². The smallest absolute Gasteiger partial charge is 0.469 e. The van der Waals surface area contributed by atoms with Gasteiger partial charge in [-0.2, -0.15) is 0 Å². The highest BCUT2D eigenvalue weighted by Crippen LogP contribution is 2.36. The predicted molar refractivity (Wildman–Crippen MR) is 235 cm³/mol. The van der Waals surface area contributed by atoms with Crippen molar-refractivity contribution in [2.24, 2.45) is 5.73 Å². The van der Waals surface area contributed by atoms with Crippen molar-refractivity contribution < 1.29 is 52.9 Å². The van der Waals surface area contributed by atoms with E-state index in [1.807, 2.05) is 18.2 Å². The van der Waals surface area contributed by atoms with Crippen LogP contribution in [0.4, 0.5) is 0 Å². The molecule has 0 heterocycles. The molecule has 0 saturated carbocycles. The minimum Gasteiger partial charge on any atom is -0.481 e. The number of rotatable bonds is 39. The number of hydrogen-bond acceptors (Lipinski definition) is 10. The first-order chi connectivity index (χ1) is 27.9. The molecule has 6 N–H and O–H groups in total. The second-order valence-corrected chi connectivity index (χ2v) is 17.0. The number of carboxylic acids is 1. The molecule has 0 aromatic heterocycles. The Morgan fingerprint density at radius 1 is 0.707 bits per heavy atom. The monoisotopic (exact) mass is 857 g/mol. The van der Waals surface area contributed by atoms with E-state index in [1.165, 1.54) is 69.5 Å². The van der Waals surface area contributed by atoms with Gasteiger partial charge in [-0.15, -0.1) is 11.8 Å². The summed E-state index contributed by atoms with van der Waals surface area (Å²) in [5.74, 6) is -2.40. The highest BCUT2D eigenvalue weighted by atomic mass is 32.2. The number of unbranched alkanes of at least 4 members (excludes halogenated alkanes) is 14. The topological polar surface area (TPSA) is 203 Å². The van der Waals surface area contributed by atoms with Gasteiger partial charge in [-0.25, -0.2) is 4.57 Å². The maximum Gasteiger partial charge on any atom is 0.469 e. The Morgan fingerprint density at radius 3 is 1.91 bits per heavy atom. The lowest BCUT2D eigenvalue weighted by Gasteiger charge is -2.23. The lowest BCUT2D eigenvalue weighted by Crippen LogP contribution is -2.40. The number of esters is 2. The Kier molecular flexibility index (Phi) is 37.0. The zero-order chi connectivity index (χ0) is 43.1. The number of carboxylic acid groups (broad SMARTS) is 1. The molecule has 0 aliphatic carbocycles. The van der Waals surface area contributed by atoms with Crippen molar-refractivity contribution in [1.29, 1.82) is 0 Å². The van der Waals surface area contributed by atoms with E-state index in [0.717, 1.165) is 51.4 Å². The lowest BCUT2D eigenvalue weighted by molar-refractivity contribution is -0.161. The van der Waals surface area contributed by atoms with E-state index in [0.29, 0.717) is 6.42 Å². The molecule has 334 valence electrons. The number of aliphatic carboxylic acids is 1. The summed E-state index contributed by atoms with van der Waals surface area (Å²) in [5, 5.41) is 19.3. The maximum atomic E-state index is 12.9. The van der Waals surface area contributed by atoms with Gasteiger partial charge in [0, 0.05) is 23.8 Å². The van der Waals surface area contributed by atoms with Gasteiger partial charge < -0.3 is 35.2 Å². The molecule has 14 heteroatoms. The molecule has 0 spiro atoms. The van der Waals surface area contributed by atoms with E-state index in [-0.39, 0.29) is 31.4 Å². The van der Waals surface area contributed by atoms with Crippen molar-refractivity contribution in [1.82, 2.24) is 0 Å². The number of phosphoric ester groups is 1. The Morgan fingerprint density at radius 2 is 1.28 bits per heavy atom. The number of carbonyl (C=O) groups excluding carboxylic acids is 2. The average molecular weight is 858 g/mol. The van der Waals surface area contributed by atoms with Crippen LogP contribution < -0.4 is 5.73 Å². The summed E-state index contributed by atoms with van der Waals surface area (Å²) in [7, 11) is -4.92. The van der Waals surface area contributed by atoms with Crippen molar-refractivity contribution in [2.45, 2.75) is 179 Å². The third kappa shape index (κ3) is 37.7. The molecule has 0 radical (unpaired) electrons. The third-order valence-electron chi connectivity index (χ3n) is 9.01.